The molecule has 0 fully saturated rings. The van der Waals surface area contributed by atoms with Crippen molar-refractivity contribution >= 4 is 15.9 Å². The minimum atomic E-state index is -0.922. The van der Waals surface area contributed by atoms with Crippen LogP contribution in [0.15, 0.2) is 41.0 Å². The van der Waals surface area contributed by atoms with Gasteiger partial charge >= 0.3 is 0 Å². The predicted molar refractivity (Wildman–Crippen MR) is 64.3 cm³/mol. The molecule has 1 unspecified atom stereocenters. The quantitative estimate of drug-likeness (QED) is 0.865. The fourth-order valence-corrected chi connectivity index (χ4v) is 1.88. The third-order valence-electron chi connectivity index (χ3n) is 2.40. The molecule has 0 saturated carbocycles. The third kappa shape index (κ3) is 2.35. The van der Waals surface area contributed by atoms with E-state index in [9.17, 15) is 8.78 Å². The van der Waals surface area contributed by atoms with Crippen LogP contribution in [0.4, 0.5) is 8.78 Å². The average molecular weight is 299 g/mol. The van der Waals surface area contributed by atoms with Crippen molar-refractivity contribution in [1.82, 2.24) is 4.98 Å². The van der Waals surface area contributed by atoms with Gasteiger partial charge in [-0.25, -0.2) is 8.78 Å². The number of halogens is 3. The second kappa shape index (κ2) is 4.89. The predicted octanol–water partition coefficient (Wildman–Crippen LogP) is 3.17. The van der Waals surface area contributed by atoms with Gasteiger partial charge in [0, 0.05) is 11.8 Å². The summed E-state index contributed by atoms with van der Waals surface area (Å²) in [6.07, 6.45) is 1.53. The molecular weight excluding hydrogens is 290 g/mol. The number of pyridine rings is 1. The molecule has 0 saturated heterocycles. The van der Waals surface area contributed by atoms with Gasteiger partial charge < -0.3 is 5.73 Å². The van der Waals surface area contributed by atoms with Crippen LogP contribution in [0.5, 0.6) is 0 Å². The standard InChI is InChI=1S/C12H9BrF2N2/c13-7-4-5-8(14)10(11(7)15)12(16)9-3-1-2-6-17-9/h1-6,12H,16H2. The van der Waals surface area contributed by atoms with Crippen LogP contribution in [-0.4, -0.2) is 4.98 Å². The molecule has 0 aliphatic heterocycles. The van der Waals surface area contributed by atoms with Gasteiger partial charge in [-0.2, -0.15) is 0 Å². The van der Waals surface area contributed by atoms with E-state index in [1.54, 1.807) is 18.2 Å². The first-order valence-corrected chi connectivity index (χ1v) is 5.70. The van der Waals surface area contributed by atoms with Gasteiger partial charge in [-0.15, -0.1) is 0 Å². The first-order valence-electron chi connectivity index (χ1n) is 4.91. The molecule has 2 N–H and O–H groups in total. The van der Waals surface area contributed by atoms with E-state index >= 15 is 0 Å². The molecule has 5 heteroatoms. The minimum absolute atomic E-state index is 0.181. The Bertz CT molecular complexity index is 532. The molecular formula is C12H9BrF2N2. The smallest absolute Gasteiger partial charge is 0.145 e. The maximum Gasteiger partial charge on any atom is 0.145 e. The molecule has 2 aromatic rings. The van der Waals surface area contributed by atoms with Gasteiger partial charge in [-0.05, 0) is 40.2 Å². The molecule has 2 nitrogen and oxygen atoms in total. The number of rotatable bonds is 2. The van der Waals surface area contributed by atoms with Crippen molar-refractivity contribution in [3.63, 3.8) is 0 Å². The van der Waals surface area contributed by atoms with Crippen LogP contribution in [0.3, 0.4) is 0 Å². The van der Waals surface area contributed by atoms with Crippen molar-refractivity contribution < 1.29 is 8.78 Å². The molecule has 1 atom stereocenters. The fraction of sp³-hybridized carbons (Fsp3) is 0.0833. The van der Waals surface area contributed by atoms with Crippen molar-refractivity contribution in [3.8, 4) is 0 Å². The molecule has 1 aromatic carbocycles. The Kier molecular flexibility index (Phi) is 3.49. The lowest BCUT2D eigenvalue weighted by atomic mass is 10.0. The lowest BCUT2D eigenvalue weighted by Crippen LogP contribution is -2.17. The third-order valence-corrected chi connectivity index (χ3v) is 3.01. The van der Waals surface area contributed by atoms with E-state index in [-0.39, 0.29) is 10.0 Å². The summed E-state index contributed by atoms with van der Waals surface area (Å²) in [5.74, 6) is -1.37. The van der Waals surface area contributed by atoms with Gasteiger partial charge in [0.2, 0.25) is 0 Å². The van der Waals surface area contributed by atoms with Crippen LogP contribution in [0.2, 0.25) is 0 Å². The Hall–Kier alpha value is -1.33. The van der Waals surface area contributed by atoms with Gasteiger partial charge in [0.25, 0.3) is 0 Å². The summed E-state index contributed by atoms with van der Waals surface area (Å²) in [5.41, 5.74) is 6.06. The van der Waals surface area contributed by atoms with E-state index in [1.165, 1.54) is 18.3 Å². The van der Waals surface area contributed by atoms with Crippen LogP contribution < -0.4 is 5.73 Å². The monoisotopic (exact) mass is 298 g/mol. The van der Waals surface area contributed by atoms with E-state index in [0.717, 1.165) is 0 Å². The van der Waals surface area contributed by atoms with E-state index in [4.69, 9.17) is 5.73 Å². The van der Waals surface area contributed by atoms with Crippen LogP contribution in [0, 0.1) is 11.6 Å². The molecule has 0 bridgehead atoms. The molecule has 0 amide bonds. The highest BCUT2D eigenvalue weighted by atomic mass is 79.9. The number of hydrogen-bond donors (Lipinski definition) is 1. The Labute approximate surface area is 106 Å². The maximum atomic E-state index is 13.8. The van der Waals surface area contributed by atoms with Gasteiger partial charge in [0.05, 0.1) is 16.2 Å². The van der Waals surface area contributed by atoms with Crippen LogP contribution in [0.1, 0.15) is 17.3 Å². The van der Waals surface area contributed by atoms with Crippen molar-refractivity contribution in [2.45, 2.75) is 6.04 Å². The SMILES string of the molecule is NC(c1ccccn1)c1c(F)ccc(Br)c1F. The Morgan fingerprint density at radius 2 is 1.94 bits per heavy atom. The van der Waals surface area contributed by atoms with Gasteiger partial charge in [0.15, 0.2) is 0 Å². The highest BCUT2D eigenvalue weighted by molar-refractivity contribution is 9.10. The summed E-state index contributed by atoms with van der Waals surface area (Å²) in [4.78, 5) is 3.99. The average Bonchev–Trinajstić information content (AvgIpc) is 2.35. The van der Waals surface area contributed by atoms with E-state index in [1.807, 2.05) is 0 Å². The molecule has 2 rings (SSSR count). The van der Waals surface area contributed by atoms with E-state index < -0.39 is 17.7 Å². The minimum Gasteiger partial charge on any atom is -0.319 e. The van der Waals surface area contributed by atoms with Gasteiger partial charge in [0.1, 0.15) is 11.6 Å². The lowest BCUT2D eigenvalue weighted by Gasteiger charge is -2.14. The second-order valence-corrected chi connectivity index (χ2v) is 4.34. The van der Waals surface area contributed by atoms with Crippen molar-refractivity contribution in [1.29, 1.82) is 0 Å². The number of aromatic nitrogens is 1. The molecule has 0 aliphatic carbocycles. The molecule has 1 aromatic heterocycles. The molecule has 0 spiro atoms. The highest BCUT2D eigenvalue weighted by Crippen LogP contribution is 2.28. The van der Waals surface area contributed by atoms with Crippen LogP contribution in [0.25, 0.3) is 0 Å². The van der Waals surface area contributed by atoms with Crippen molar-refractivity contribution in [2.24, 2.45) is 5.73 Å². The van der Waals surface area contributed by atoms with Crippen molar-refractivity contribution in [2.75, 3.05) is 0 Å². The highest BCUT2D eigenvalue weighted by Gasteiger charge is 2.20. The van der Waals surface area contributed by atoms with E-state index in [2.05, 4.69) is 20.9 Å². The van der Waals surface area contributed by atoms with Gasteiger partial charge in [-0.1, -0.05) is 6.07 Å². The summed E-state index contributed by atoms with van der Waals surface area (Å²) in [5, 5.41) is 0. The largest absolute Gasteiger partial charge is 0.319 e. The first kappa shape index (κ1) is 12.1. The summed E-state index contributed by atoms with van der Waals surface area (Å²) in [7, 11) is 0. The second-order valence-electron chi connectivity index (χ2n) is 3.49. The molecule has 0 aliphatic rings. The molecule has 17 heavy (non-hydrogen) atoms. The molecule has 88 valence electrons. The molecule has 1 heterocycles. The Morgan fingerprint density at radius 1 is 1.18 bits per heavy atom. The lowest BCUT2D eigenvalue weighted by molar-refractivity contribution is 0.537. The normalized spacial score (nSPS) is 12.5. The van der Waals surface area contributed by atoms with E-state index in [0.29, 0.717) is 5.69 Å². The van der Waals surface area contributed by atoms with Crippen LogP contribution in [-0.2, 0) is 0 Å². The fourth-order valence-electron chi connectivity index (χ4n) is 1.54. The molecule has 0 radical (unpaired) electrons. The number of benzene rings is 1. The zero-order valence-electron chi connectivity index (χ0n) is 8.70. The Morgan fingerprint density at radius 3 is 2.59 bits per heavy atom. The van der Waals surface area contributed by atoms with Crippen LogP contribution >= 0.6 is 15.9 Å². The summed E-state index contributed by atoms with van der Waals surface area (Å²) in [6, 6.07) is 6.61. The zero-order chi connectivity index (χ0) is 12.4. The summed E-state index contributed by atoms with van der Waals surface area (Å²) < 4.78 is 27.6. The van der Waals surface area contributed by atoms with Crippen molar-refractivity contribution in [3.05, 3.63) is 63.9 Å². The Balaban J connectivity index is 2.51. The number of nitrogens with zero attached hydrogens (tertiary/aromatic N) is 1. The summed E-state index contributed by atoms with van der Waals surface area (Å²) in [6.45, 7) is 0. The maximum absolute atomic E-state index is 13.8. The number of hydrogen-bond acceptors (Lipinski definition) is 2. The summed E-state index contributed by atoms with van der Waals surface area (Å²) >= 11 is 3.00. The first-order chi connectivity index (χ1) is 8.11. The zero-order valence-corrected chi connectivity index (χ0v) is 10.3. The topological polar surface area (TPSA) is 38.9 Å². The van der Waals surface area contributed by atoms with Gasteiger partial charge in [-0.3, -0.25) is 4.98 Å². The number of nitrogens with two attached hydrogens (primary N) is 1.